The minimum atomic E-state index is -4.69. The van der Waals surface area contributed by atoms with E-state index in [9.17, 15) is 33.3 Å². The van der Waals surface area contributed by atoms with E-state index < -0.39 is 17.5 Å². The zero-order chi connectivity index (χ0) is 30.2. The number of phenols is 2. The molecule has 0 radical (unpaired) electrons. The van der Waals surface area contributed by atoms with Crippen molar-refractivity contribution in [3.8, 4) is 21.9 Å². The number of benzene rings is 2. The highest BCUT2D eigenvalue weighted by molar-refractivity contribution is 7.15. The molecule has 0 saturated heterocycles. The fourth-order valence-electron chi connectivity index (χ4n) is 5.04. The number of amides is 1. The molecule has 2 aromatic heterocycles. The van der Waals surface area contributed by atoms with Crippen LogP contribution in [0.15, 0.2) is 54.9 Å². The van der Waals surface area contributed by atoms with E-state index in [1.165, 1.54) is 34.4 Å². The maximum atomic E-state index is 13.5. The lowest BCUT2D eigenvalue weighted by Crippen LogP contribution is -2.35. The highest BCUT2D eigenvalue weighted by atomic mass is 32.1. The van der Waals surface area contributed by atoms with Crippen molar-refractivity contribution in [3.05, 3.63) is 76.7 Å². The summed E-state index contributed by atoms with van der Waals surface area (Å²) in [6.07, 6.45) is -0.373. The largest absolute Gasteiger partial charge is 0.504 e. The highest BCUT2D eigenvalue weighted by Gasteiger charge is 2.39. The number of halogens is 3. The molecule has 1 fully saturated rings. The minimum Gasteiger partial charge on any atom is -0.504 e. The Morgan fingerprint density at radius 1 is 1.10 bits per heavy atom. The number of hydrogen-bond donors (Lipinski definition) is 4. The van der Waals surface area contributed by atoms with Gasteiger partial charge in [0.25, 0.3) is 0 Å². The molecule has 5 N–H and O–H groups in total. The number of aliphatic hydroxyl groups is 1. The summed E-state index contributed by atoms with van der Waals surface area (Å²) in [6.45, 7) is 1.82. The summed E-state index contributed by atoms with van der Waals surface area (Å²) in [5.74, 6) is -1.56. The number of phenolic OH excluding ortho intramolecular Hbond substituents is 2. The molecule has 0 unspecified atom stereocenters. The van der Waals surface area contributed by atoms with Gasteiger partial charge in [-0.25, -0.2) is 15.0 Å². The molecule has 220 valence electrons. The van der Waals surface area contributed by atoms with Crippen molar-refractivity contribution in [2.75, 3.05) is 4.90 Å². The molecule has 0 atom stereocenters. The van der Waals surface area contributed by atoms with E-state index >= 15 is 0 Å². The van der Waals surface area contributed by atoms with Crippen LogP contribution in [-0.4, -0.2) is 36.2 Å². The number of aromatic hydroxyl groups is 2. The SMILES string of the molecule is Cc1cc(-c2cnc(C3(O)CCC(C(N)=O)CC3)s2)cc(N(Cc2ccc(O)c(O)c2)c2nccc(C(F)(F)F)n2)c1. The number of alkyl halides is 3. The van der Waals surface area contributed by atoms with Crippen molar-refractivity contribution in [1.29, 1.82) is 0 Å². The van der Waals surface area contributed by atoms with Crippen molar-refractivity contribution in [2.24, 2.45) is 11.7 Å². The summed E-state index contributed by atoms with van der Waals surface area (Å²) in [7, 11) is 0. The Morgan fingerprint density at radius 3 is 2.50 bits per heavy atom. The van der Waals surface area contributed by atoms with Gasteiger partial charge in [0.1, 0.15) is 16.3 Å². The first-order valence-corrected chi connectivity index (χ1v) is 13.9. The molecule has 1 amide bonds. The van der Waals surface area contributed by atoms with Gasteiger partial charge in [0.05, 0.1) is 11.4 Å². The number of rotatable bonds is 7. The number of aromatic nitrogens is 3. The first kappa shape index (κ1) is 29.3. The topological polar surface area (TPSA) is 146 Å². The first-order chi connectivity index (χ1) is 19.8. The molecule has 1 saturated carbocycles. The fourth-order valence-corrected chi connectivity index (χ4v) is 6.09. The Morgan fingerprint density at radius 2 is 1.83 bits per heavy atom. The van der Waals surface area contributed by atoms with Gasteiger partial charge >= 0.3 is 6.18 Å². The van der Waals surface area contributed by atoms with Crippen LogP contribution in [0.3, 0.4) is 0 Å². The van der Waals surface area contributed by atoms with Crippen LogP contribution in [0.2, 0.25) is 0 Å². The molecule has 42 heavy (non-hydrogen) atoms. The monoisotopic (exact) mass is 599 g/mol. The molecule has 1 aliphatic carbocycles. The summed E-state index contributed by atoms with van der Waals surface area (Å²) < 4.78 is 40.6. The van der Waals surface area contributed by atoms with Crippen LogP contribution in [0, 0.1) is 12.8 Å². The predicted molar refractivity (Wildman–Crippen MR) is 150 cm³/mol. The van der Waals surface area contributed by atoms with Crippen molar-refractivity contribution >= 4 is 28.9 Å². The van der Waals surface area contributed by atoms with Crippen molar-refractivity contribution in [1.82, 2.24) is 15.0 Å². The quantitative estimate of drug-likeness (QED) is 0.203. The van der Waals surface area contributed by atoms with Gasteiger partial charge in [-0.1, -0.05) is 12.1 Å². The van der Waals surface area contributed by atoms with Crippen LogP contribution in [0.1, 0.15) is 47.5 Å². The van der Waals surface area contributed by atoms with Crippen molar-refractivity contribution in [2.45, 2.75) is 50.9 Å². The van der Waals surface area contributed by atoms with Crippen molar-refractivity contribution < 1.29 is 33.3 Å². The number of carbonyl (C=O) groups is 1. The van der Waals surface area contributed by atoms with Crippen LogP contribution in [-0.2, 0) is 23.1 Å². The number of nitrogens with two attached hydrogens (primary N) is 1. The molecule has 5 rings (SSSR count). The van der Waals surface area contributed by atoms with Gasteiger partial charge in [-0.2, -0.15) is 13.2 Å². The van der Waals surface area contributed by atoms with E-state index in [1.54, 1.807) is 18.3 Å². The van der Waals surface area contributed by atoms with E-state index in [2.05, 4.69) is 15.0 Å². The van der Waals surface area contributed by atoms with Gasteiger partial charge in [-0.15, -0.1) is 11.3 Å². The van der Waals surface area contributed by atoms with E-state index in [1.807, 2.05) is 13.0 Å². The zero-order valence-corrected chi connectivity index (χ0v) is 23.3. The van der Waals surface area contributed by atoms with Crippen LogP contribution in [0.4, 0.5) is 24.8 Å². The third-order valence-electron chi connectivity index (χ3n) is 7.33. The van der Waals surface area contributed by atoms with Gasteiger partial charge in [-0.05, 0) is 79.6 Å². The second-order valence-electron chi connectivity index (χ2n) is 10.4. The zero-order valence-electron chi connectivity index (χ0n) is 22.5. The van der Waals surface area contributed by atoms with E-state index in [0.717, 1.165) is 22.7 Å². The number of nitrogens with zero attached hydrogens (tertiary/aromatic N) is 4. The lowest BCUT2D eigenvalue weighted by Gasteiger charge is -2.33. The highest BCUT2D eigenvalue weighted by Crippen LogP contribution is 2.43. The fraction of sp³-hybridized carbons (Fsp3) is 0.310. The summed E-state index contributed by atoms with van der Waals surface area (Å²) in [4.78, 5) is 26.2. The number of carbonyl (C=O) groups excluding carboxylic acids is 1. The molecule has 0 aliphatic heterocycles. The Labute approximate surface area is 243 Å². The number of primary amides is 1. The number of anilines is 2. The molecule has 0 spiro atoms. The minimum absolute atomic E-state index is 0.0211. The van der Waals surface area contributed by atoms with Gasteiger partial charge in [0.15, 0.2) is 11.5 Å². The van der Waals surface area contributed by atoms with Crippen LogP contribution in [0.5, 0.6) is 11.5 Å². The molecule has 1 aliphatic rings. The normalized spacial score (nSPS) is 19.0. The van der Waals surface area contributed by atoms with Gasteiger partial charge in [-0.3, -0.25) is 4.79 Å². The first-order valence-electron chi connectivity index (χ1n) is 13.1. The van der Waals surface area contributed by atoms with Crippen molar-refractivity contribution in [3.63, 3.8) is 0 Å². The number of aryl methyl sites for hydroxylation is 1. The summed E-state index contributed by atoms with van der Waals surface area (Å²) in [5.41, 5.74) is 5.63. The number of hydrogen-bond acceptors (Lipinski definition) is 9. The smallest absolute Gasteiger partial charge is 0.433 e. The summed E-state index contributed by atoms with van der Waals surface area (Å²) in [6, 6.07) is 10.4. The molecule has 13 heteroatoms. The Hall–Kier alpha value is -4.23. The molecule has 2 aromatic carbocycles. The Bertz CT molecular complexity index is 1620. The van der Waals surface area contributed by atoms with E-state index in [4.69, 9.17) is 5.73 Å². The molecule has 2 heterocycles. The second kappa shape index (κ2) is 11.2. The van der Waals surface area contributed by atoms with Gasteiger partial charge < -0.3 is 26.0 Å². The van der Waals surface area contributed by atoms with Gasteiger partial charge in [0, 0.05) is 24.0 Å². The molecule has 4 aromatic rings. The average Bonchev–Trinajstić information content (AvgIpc) is 3.45. The van der Waals surface area contributed by atoms with Crippen LogP contribution in [0.25, 0.3) is 10.4 Å². The molecule has 9 nitrogen and oxygen atoms in total. The number of thiazole rings is 1. The van der Waals surface area contributed by atoms with Gasteiger partial charge in [0.2, 0.25) is 11.9 Å². The van der Waals surface area contributed by atoms with E-state index in [-0.39, 0.29) is 35.8 Å². The molecular weight excluding hydrogens is 571 g/mol. The Balaban J connectivity index is 1.52. The Kier molecular flexibility index (Phi) is 7.82. The summed E-state index contributed by atoms with van der Waals surface area (Å²) >= 11 is 1.30. The maximum Gasteiger partial charge on any atom is 0.433 e. The molecular formula is C29H28F3N5O4S. The molecule has 0 bridgehead atoms. The van der Waals surface area contributed by atoms with E-state index in [0.29, 0.717) is 47.5 Å². The lowest BCUT2D eigenvalue weighted by atomic mass is 9.79. The maximum absolute atomic E-state index is 13.5. The lowest BCUT2D eigenvalue weighted by molar-refractivity contribution is -0.141. The second-order valence-corrected chi connectivity index (χ2v) is 11.5. The third kappa shape index (κ3) is 6.16. The predicted octanol–water partition coefficient (Wildman–Crippen LogP) is 5.54. The van der Waals surface area contributed by atoms with Crippen LogP contribution < -0.4 is 10.6 Å². The third-order valence-corrected chi connectivity index (χ3v) is 8.57. The summed E-state index contributed by atoms with van der Waals surface area (Å²) in [5, 5.41) is 31.6. The van der Waals surface area contributed by atoms with Crippen LogP contribution >= 0.6 is 11.3 Å². The average molecular weight is 600 g/mol. The standard InChI is InChI=1S/C29H28F3N5O4S/c1-16-10-19(23-14-35-26(42-23)28(41)7-4-18(5-8-28)25(33)40)13-20(11-16)37(15-17-2-3-21(38)22(39)12-17)27-34-9-6-24(36-27)29(30,31)32/h2-3,6,9-14,18,38-39,41H,4-5,7-8,15H2,1H3,(H2,33,40).